The molecule has 2 N–H and O–H groups in total. The Labute approximate surface area is 91.1 Å². The lowest BCUT2D eigenvalue weighted by molar-refractivity contribution is 0.0482. The maximum absolute atomic E-state index is 10.1. The highest BCUT2D eigenvalue weighted by molar-refractivity contribution is 5.18. The standard InChI is InChI=1S/C12H19NO2/c1-13-8-11(9-15-2)12(14)10-6-4-3-5-7-10/h3-7,11-14H,8-9H2,1-2H3/t11-,12?/m1/s1. The van der Waals surface area contributed by atoms with Crippen molar-refractivity contribution in [2.24, 2.45) is 5.92 Å². The third-order valence-corrected chi connectivity index (χ3v) is 2.43. The molecule has 1 aromatic rings. The van der Waals surface area contributed by atoms with Gasteiger partial charge in [0.25, 0.3) is 0 Å². The van der Waals surface area contributed by atoms with Gasteiger partial charge in [0.05, 0.1) is 12.7 Å². The molecular formula is C12H19NO2. The van der Waals surface area contributed by atoms with Gasteiger partial charge in [-0.15, -0.1) is 0 Å². The fourth-order valence-corrected chi connectivity index (χ4v) is 1.66. The second kappa shape index (κ2) is 6.56. The van der Waals surface area contributed by atoms with Crippen LogP contribution in [0.3, 0.4) is 0 Å². The topological polar surface area (TPSA) is 41.5 Å². The molecule has 0 spiro atoms. The molecule has 84 valence electrons. The van der Waals surface area contributed by atoms with E-state index >= 15 is 0 Å². The number of benzene rings is 1. The number of aliphatic hydroxyl groups is 1. The van der Waals surface area contributed by atoms with Gasteiger partial charge in [-0.25, -0.2) is 0 Å². The maximum Gasteiger partial charge on any atom is 0.0852 e. The summed E-state index contributed by atoms with van der Waals surface area (Å²) in [6.45, 7) is 1.29. The molecule has 0 saturated carbocycles. The van der Waals surface area contributed by atoms with E-state index in [0.29, 0.717) is 6.61 Å². The van der Waals surface area contributed by atoms with Crippen molar-refractivity contribution >= 4 is 0 Å². The number of aliphatic hydroxyl groups excluding tert-OH is 1. The molecule has 1 aromatic carbocycles. The van der Waals surface area contributed by atoms with E-state index in [2.05, 4.69) is 5.32 Å². The van der Waals surface area contributed by atoms with Crippen LogP contribution in [0.5, 0.6) is 0 Å². The van der Waals surface area contributed by atoms with E-state index in [9.17, 15) is 5.11 Å². The summed E-state index contributed by atoms with van der Waals surface area (Å²) in [7, 11) is 3.53. The Balaban J connectivity index is 2.67. The Hall–Kier alpha value is -0.900. The lowest BCUT2D eigenvalue weighted by Gasteiger charge is -2.22. The van der Waals surface area contributed by atoms with E-state index in [1.165, 1.54) is 0 Å². The molecule has 2 atom stereocenters. The van der Waals surface area contributed by atoms with Crippen molar-refractivity contribution in [3.63, 3.8) is 0 Å². The van der Waals surface area contributed by atoms with Crippen LogP contribution in [0.15, 0.2) is 30.3 Å². The average Bonchev–Trinajstić information content (AvgIpc) is 2.29. The smallest absolute Gasteiger partial charge is 0.0852 e. The van der Waals surface area contributed by atoms with Crippen LogP contribution >= 0.6 is 0 Å². The van der Waals surface area contributed by atoms with Crippen molar-refractivity contribution in [1.29, 1.82) is 0 Å². The van der Waals surface area contributed by atoms with Crippen molar-refractivity contribution < 1.29 is 9.84 Å². The van der Waals surface area contributed by atoms with Crippen LogP contribution in [0.2, 0.25) is 0 Å². The molecule has 3 nitrogen and oxygen atoms in total. The average molecular weight is 209 g/mol. The van der Waals surface area contributed by atoms with Gasteiger partial charge in [-0.05, 0) is 12.6 Å². The number of methoxy groups -OCH3 is 1. The Bertz CT molecular complexity index is 258. The van der Waals surface area contributed by atoms with Crippen LogP contribution in [0.4, 0.5) is 0 Å². The summed E-state index contributed by atoms with van der Waals surface area (Å²) in [5.74, 6) is 0.0856. The van der Waals surface area contributed by atoms with E-state index in [4.69, 9.17) is 4.74 Å². The zero-order chi connectivity index (χ0) is 11.1. The summed E-state index contributed by atoms with van der Waals surface area (Å²) in [6, 6.07) is 9.68. The molecular weight excluding hydrogens is 190 g/mol. The predicted octanol–water partition coefficient (Wildman–Crippen LogP) is 1.20. The number of ether oxygens (including phenoxy) is 1. The van der Waals surface area contributed by atoms with E-state index in [-0.39, 0.29) is 5.92 Å². The monoisotopic (exact) mass is 209 g/mol. The Morgan fingerprint density at radius 3 is 2.53 bits per heavy atom. The van der Waals surface area contributed by atoms with E-state index in [1.54, 1.807) is 7.11 Å². The first-order chi connectivity index (χ1) is 7.29. The second-order valence-corrected chi connectivity index (χ2v) is 3.63. The van der Waals surface area contributed by atoms with Gasteiger partial charge in [0, 0.05) is 19.6 Å². The number of rotatable bonds is 6. The van der Waals surface area contributed by atoms with Gasteiger partial charge in [0.2, 0.25) is 0 Å². The highest BCUT2D eigenvalue weighted by Gasteiger charge is 2.19. The van der Waals surface area contributed by atoms with Crippen LogP contribution < -0.4 is 5.32 Å². The summed E-state index contributed by atoms with van der Waals surface area (Å²) in [4.78, 5) is 0. The molecule has 0 aliphatic heterocycles. The highest BCUT2D eigenvalue weighted by Crippen LogP contribution is 2.21. The van der Waals surface area contributed by atoms with E-state index in [1.807, 2.05) is 37.4 Å². The Morgan fingerprint density at radius 1 is 1.33 bits per heavy atom. The summed E-state index contributed by atoms with van der Waals surface area (Å²) in [5, 5.41) is 13.2. The lowest BCUT2D eigenvalue weighted by Crippen LogP contribution is -2.28. The van der Waals surface area contributed by atoms with Crippen LogP contribution in [-0.2, 0) is 4.74 Å². The minimum Gasteiger partial charge on any atom is -0.388 e. The zero-order valence-corrected chi connectivity index (χ0v) is 9.31. The Kier molecular flexibility index (Phi) is 5.32. The quantitative estimate of drug-likeness (QED) is 0.739. The predicted molar refractivity (Wildman–Crippen MR) is 60.7 cm³/mol. The highest BCUT2D eigenvalue weighted by atomic mass is 16.5. The molecule has 0 amide bonds. The summed E-state index contributed by atoms with van der Waals surface area (Å²) in [5.41, 5.74) is 0.940. The first kappa shape index (κ1) is 12.2. The van der Waals surface area contributed by atoms with Crippen molar-refractivity contribution in [3.8, 4) is 0 Å². The summed E-state index contributed by atoms with van der Waals surface area (Å²) < 4.78 is 5.10. The molecule has 3 heteroatoms. The van der Waals surface area contributed by atoms with Crippen molar-refractivity contribution in [2.75, 3.05) is 27.3 Å². The van der Waals surface area contributed by atoms with Gasteiger partial charge >= 0.3 is 0 Å². The van der Waals surface area contributed by atoms with Crippen molar-refractivity contribution in [1.82, 2.24) is 5.32 Å². The Morgan fingerprint density at radius 2 is 2.00 bits per heavy atom. The molecule has 0 fully saturated rings. The second-order valence-electron chi connectivity index (χ2n) is 3.63. The maximum atomic E-state index is 10.1. The molecule has 1 unspecified atom stereocenters. The fraction of sp³-hybridized carbons (Fsp3) is 0.500. The van der Waals surface area contributed by atoms with Gasteiger partial charge in [-0.2, -0.15) is 0 Å². The minimum atomic E-state index is -0.474. The molecule has 0 heterocycles. The number of hydrogen-bond donors (Lipinski definition) is 2. The molecule has 15 heavy (non-hydrogen) atoms. The summed E-state index contributed by atoms with van der Waals surface area (Å²) >= 11 is 0. The number of nitrogens with one attached hydrogen (secondary N) is 1. The largest absolute Gasteiger partial charge is 0.388 e. The fourth-order valence-electron chi connectivity index (χ4n) is 1.66. The molecule has 0 aliphatic rings. The first-order valence-electron chi connectivity index (χ1n) is 5.16. The minimum absolute atomic E-state index is 0.0856. The van der Waals surface area contributed by atoms with Gasteiger partial charge in [0.1, 0.15) is 0 Å². The lowest BCUT2D eigenvalue weighted by atomic mass is 9.96. The third kappa shape index (κ3) is 3.63. The van der Waals surface area contributed by atoms with Crippen molar-refractivity contribution in [3.05, 3.63) is 35.9 Å². The van der Waals surface area contributed by atoms with Crippen LogP contribution in [0, 0.1) is 5.92 Å². The number of hydrogen-bond acceptors (Lipinski definition) is 3. The van der Waals surface area contributed by atoms with Gasteiger partial charge in [0.15, 0.2) is 0 Å². The molecule has 0 bridgehead atoms. The van der Waals surface area contributed by atoms with E-state index in [0.717, 1.165) is 12.1 Å². The van der Waals surface area contributed by atoms with Crippen molar-refractivity contribution in [2.45, 2.75) is 6.10 Å². The molecule has 0 radical (unpaired) electrons. The molecule has 0 saturated heterocycles. The molecule has 1 rings (SSSR count). The van der Waals surface area contributed by atoms with Crippen LogP contribution in [0.1, 0.15) is 11.7 Å². The van der Waals surface area contributed by atoms with Gasteiger partial charge in [-0.1, -0.05) is 30.3 Å². The molecule has 0 aliphatic carbocycles. The SMILES string of the molecule is CNC[C@H](COC)C(O)c1ccccc1. The molecule has 0 aromatic heterocycles. The van der Waals surface area contributed by atoms with Gasteiger partial charge < -0.3 is 15.2 Å². The van der Waals surface area contributed by atoms with Gasteiger partial charge in [-0.3, -0.25) is 0 Å². The first-order valence-corrected chi connectivity index (χ1v) is 5.16. The van der Waals surface area contributed by atoms with Crippen LogP contribution in [-0.4, -0.2) is 32.4 Å². The normalized spacial score (nSPS) is 14.9. The zero-order valence-electron chi connectivity index (χ0n) is 9.31. The summed E-state index contributed by atoms with van der Waals surface area (Å²) in [6.07, 6.45) is -0.474. The van der Waals surface area contributed by atoms with Crippen LogP contribution in [0.25, 0.3) is 0 Å². The van der Waals surface area contributed by atoms with E-state index < -0.39 is 6.10 Å². The third-order valence-electron chi connectivity index (χ3n) is 2.43.